The van der Waals surface area contributed by atoms with E-state index in [4.69, 9.17) is 23.2 Å². The van der Waals surface area contributed by atoms with E-state index in [1.54, 1.807) is 12.1 Å². The van der Waals surface area contributed by atoms with Crippen LogP contribution in [0.5, 0.6) is 0 Å². The van der Waals surface area contributed by atoms with Gasteiger partial charge in [0.1, 0.15) is 0 Å². The van der Waals surface area contributed by atoms with E-state index in [-0.39, 0.29) is 5.91 Å². The van der Waals surface area contributed by atoms with Gasteiger partial charge in [0.15, 0.2) is 0 Å². The number of hydrogen-bond donors (Lipinski definition) is 0. The van der Waals surface area contributed by atoms with E-state index in [1.165, 1.54) is 5.01 Å². The van der Waals surface area contributed by atoms with Crippen molar-refractivity contribution in [1.29, 1.82) is 0 Å². The molecule has 17 heavy (non-hydrogen) atoms. The predicted molar refractivity (Wildman–Crippen MR) is 69.4 cm³/mol. The van der Waals surface area contributed by atoms with Crippen molar-refractivity contribution in [2.75, 3.05) is 0 Å². The van der Waals surface area contributed by atoms with Crippen LogP contribution in [-0.2, 0) is 11.3 Å². The first-order valence-corrected chi connectivity index (χ1v) is 6.16. The van der Waals surface area contributed by atoms with Crippen LogP contribution in [0.2, 0.25) is 10.0 Å². The van der Waals surface area contributed by atoms with E-state index < -0.39 is 0 Å². The van der Waals surface area contributed by atoms with Gasteiger partial charge in [-0.15, -0.1) is 0 Å². The Bertz CT molecular complexity index is 485. The van der Waals surface area contributed by atoms with E-state index in [9.17, 15) is 4.79 Å². The summed E-state index contributed by atoms with van der Waals surface area (Å²) < 4.78 is 0. The van der Waals surface area contributed by atoms with Crippen molar-refractivity contribution in [1.82, 2.24) is 5.01 Å². The lowest BCUT2D eigenvalue weighted by Crippen LogP contribution is -2.20. The number of halogens is 2. The van der Waals surface area contributed by atoms with Crippen molar-refractivity contribution in [3.63, 3.8) is 0 Å². The number of benzene rings is 1. The lowest BCUT2D eigenvalue weighted by Gasteiger charge is -2.12. The van der Waals surface area contributed by atoms with Gasteiger partial charge in [0.25, 0.3) is 0 Å². The summed E-state index contributed by atoms with van der Waals surface area (Å²) in [5.74, 6) is 0.0351. The molecule has 90 valence electrons. The highest BCUT2D eigenvalue weighted by Gasteiger charge is 2.22. The minimum atomic E-state index is 0.0351. The molecule has 1 aliphatic heterocycles. The summed E-state index contributed by atoms with van der Waals surface area (Å²) in [6.45, 7) is 2.44. The van der Waals surface area contributed by atoms with Crippen molar-refractivity contribution in [3.8, 4) is 0 Å². The lowest BCUT2D eigenvalue weighted by atomic mass is 10.2. The second-order valence-electron chi connectivity index (χ2n) is 3.90. The molecule has 1 aromatic carbocycles. The Morgan fingerprint density at radius 3 is 2.71 bits per heavy atom. The first-order chi connectivity index (χ1) is 8.10. The molecule has 0 unspecified atom stereocenters. The van der Waals surface area contributed by atoms with Gasteiger partial charge in [-0.1, -0.05) is 36.2 Å². The molecule has 3 nitrogen and oxygen atoms in total. The van der Waals surface area contributed by atoms with Crippen molar-refractivity contribution in [2.24, 2.45) is 5.10 Å². The van der Waals surface area contributed by atoms with E-state index in [0.29, 0.717) is 23.0 Å². The van der Waals surface area contributed by atoms with Crippen molar-refractivity contribution in [3.05, 3.63) is 33.8 Å². The smallest absolute Gasteiger partial charge is 0.248 e. The third kappa shape index (κ3) is 2.79. The Labute approximate surface area is 110 Å². The highest BCUT2D eigenvalue weighted by atomic mass is 35.5. The number of carbonyl (C=O) groups excluding carboxylic acids is 1. The number of nitrogens with zero attached hydrogens (tertiary/aromatic N) is 2. The van der Waals surface area contributed by atoms with Gasteiger partial charge in [-0.2, -0.15) is 5.10 Å². The molecular formula is C12H12Cl2N2O. The fraction of sp³-hybridized carbons (Fsp3) is 0.333. The van der Waals surface area contributed by atoms with Gasteiger partial charge in [-0.3, -0.25) is 4.79 Å². The maximum absolute atomic E-state index is 11.7. The summed E-state index contributed by atoms with van der Waals surface area (Å²) in [7, 11) is 0. The van der Waals surface area contributed by atoms with Crippen molar-refractivity contribution in [2.45, 2.75) is 26.3 Å². The summed E-state index contributed by atoms with van der Waals surface area (Å²) in [5.41, 5.74) is 1.85. The second-order valence-corrected chi connectivity index (χ2v) is 4.71. The standard InChI is InChI=1S/C12H12Cl2N2O/c1-2-9-6-12(17)16(15-9)7-8-3-4-10(13)11(14)5-8/h3-5H,2,6-7H2,1H3. The van der Waals surface area contributed by atoms with Gasteiger partial charge >= 0.3 is 0 Å². The monoisotopic (exact) mass is 270 g/mol. The largest absolute Gasteiger partial charge is 0.273 e. The van der Waals surface area contributed by atoms with Crippen LogP contribution < -0.4 is 0 Å². The Hall–Kier alpha value is -1.06. The Morgan fingerprint density at radius 2 is 2.12 bits per heavy atom. The van der Waals surface area contributed by atoms with Crippen molar-refractivity contribution >= 4 is 34.8 Å². The third-order valence-corrected chi connectivity index (χ3v) is 3.37. The number of rotatable bonds is 3. The van der Waals surface area contributed by atoms with Gasteiger partial charge in [-0.05, 0) is 24.1 Å². The Balaban J connectivity index is 2.13. The molecule has 0 aliphatic carbocycles. The molecule has 0 aromatic heterocycles. The van der Waals surface area contributed by atoms with Crippen LogP contribution in [-0.4, -0.2) is 16.6 Å². The topological polar surface area (TPSA) is 32.7 Å². The molecule has 0 radical (unpaired) electrons. The summed E-state index contributed by atoms with van der Waals surface area (Å²) in [5, 5.41) is 6.75. The number of hydrogen-bond acceptors (Lipinski definition) is 2. The highest BCUT2D eigenvalue weighted by Crippen LogP contribution is 2.24. The number of hydrazone groups is 1. The van der Waals surface area contributed by atoms with Gasteiger partial charge in [0.05, 0.1) is 23.0 Å². The minimum absolute atomic E-state index is 0.0351. The molecular weight excluding hydrogens is 259 g/mol. The van der Waals surface area contributed by atoms with E-state index in [1.807, 2.05) is 13.0 Å². The maximum Gasteiger partial charge on any atom is 0.248 e. The number of amides is 1. The molecule has 0 fully saturated rings. The highest BCUT2D eigenvalue weighted by molar-refractivity contribution is 6.42. The molecule has 0 spiro atoms. The molecule has 5 heteroatoms. The SMILES string of the molecule is CCC1=NN(Cc2ccc(Cl)c(Cl)c2)C(=O)C1. The van der Waals surface area contributed by atoms with Crippen LogP contribution in [0.1, 0.15) is 25.3 Å². The summed E-state index contributed by atoms with van der Waals surface area (Å²) in [6, 6.07) is 5.34. The summed E-state index contributed by atoms with van der Waals surface area (Å²) >= 11 is 11.8. The summed E-state index contributed by atoms with van der Waals surface area (Å²) in [4.78, 5) is 11.7. The Morgan fingerprint density at radius 1 is 1.35 bits per heavy atom. The predicted octanol–water partition coefficient (Wildman–Crippen LogP) is 3.49. The first-order valence-electron chi connectivity index (χ1n) is 5.40. The molecule has 0 saturated heterocycles. The Kier molecular flexibility index (Phi) is 3.69. The fourth-order valence-electron chi connectivity index (χ4n) is 1.66. The van der Waals surface area contributed by atoms with Gasteiger partial charge < -0.3 is 0 Å². The first kappa shape index (κ1) is 12.4. The molecule has 2 rings (SSSR count). The minimum Gasteiger partial charge on any atom is -0.273 e. The van der Waals surface area contributed by atoms with Crippen LogP contribution in [0.25, 0.3) is 0 Å². The van der Waals surface area contributed by atoms with E-state index in [0.717, 1.165) is 17.7 Å². The average molecular weight is 271 g/mol. The molecule has 0 atom stereocenters. The van der Waals surface area contributed by atoms with E-state index >= 15 is 0 Å². The second kappa shape index (κ2) is 5.07. The molecule has 1 amide bonds. The molecule has 0 N–H and O–H groups in total. The zero-order chi connectivity index (χ0) is 12.4. The number of carbonyl (C=O) groups is 1. The summed E-state index contributed by atoms with van der Waals surface area (Å²) in [6.07, 6.45) is 1.24. The van der Waals surface area contributed by atoms with E-state index in [2.05, 4.69) is 5.10 Å². The zero-order valence-electron chi connectivity index (χ0n) is 9.41. The normalized spacial score (nSPS) is 15.4. The van der Waals surface area contributed by atoms with Crippen molar-refractivity contribution < 1.29 is 4.79 Å². The van der Waals surface area contributed by atoms with Crippen LogP contribution in [0, 0.1) is 0 Å². The molecule has 1 aliphatic rings. The average Bonchev–Trinajstić information content (AvgIpc) is 2.65. The van der Waals surface area contributed by atoms with Crippen LogP contribution in [0.15, 0.2) is 23.3 Å². The lowest BCUT2D eigenvalue weighted by molar-refractivity contribution is -0.129. The fourth-order valence-corrected chi connectivity index (χ4v) is 1.98. The zero-order valence-corrected chi connectivity index (χ0v) is 10.9. The van der Waals surface area contributed by atoms with Crippen LogP contribution in [0.4, 0.5) is 0 Å². The van der Waals surface area contributed by atoms with Gasteiger partial charge in [-0.25, -0.2) is 5.01 Å². The quantitative estimate of drug-likeness (QED) is 0.828. The van der Waals surface area contributed by atoms with Crippen LogP contribution in [0.3, 0.4) is 0 Å². The molecule has 0 bridgehead atoms. The van der Waals surface area contributed by atoms with Gasteiger partial charge in [0.2, 0.25) is 5.91 Å². The van der Waals surface area contributed by atoms with Crippen LogP contribution >= 0.6 is 23.2 Å². The molecule has 0 saturated carbocycles. The molecule has 1 heterocycles. The maximum atomic E-state index is 11.7. The van der Waals surface area contributed by atoms with Gasteiger partial charge in [0, 0.05) is 5.71 Å². The molecule has 1 aromatic rings. The third-order valence-electron chi connectivity index (χ3n) is 2.63.